The zero-order valence-corrected chi connectivity index (χ0v) is 16.2. The van der Waals surface area contributed by atoms with Crippen molar-refractivity contribution in [3.05, 3.63) is 70.3 Å². The molecule has 0 fully saturated rings. The zero-order valence-electron chi connectivity index (χ0n) is 16.2. The van der Waals surface area contributed by atoms with Gasteiger partial charge < -0.3 is 13.6 Å². The minimum Gasteiger partial charge on any atom is -0.454 e. The quantitative estimate of drug-likeness (QED) is 0.343. The first-order valence-electron chi connectivity index (χ1n) is 9.03. The fraction of sp³-hybridized carbons (Fsp3) is 0.217. The highest BCUT2D eigenvalue weighted by molar-refractivity contribution is 6.15. The molecule has 0 amide bonds. The first-order chi connectivity index (χ1) is 13.2. The van der Waals surface area contributed by atoms with E-state index in [0.717, 1.165) is 16.5 Å². The largest absolute Gasteiger partial charge is 0.454 e. The second-order valence-electron chi connectivity index (χ2n) is 7.74. The lowest BCUT2D eigenvalue weighted by Crippen LogP contribution is -2.23. The molecular formula is C23H20O5. The van der Waals surface area contributed by atoms with E-state index in [2.05, 4.69) is 0 Å². The summed E-state index contributed by atoms with van der Waals surface area (Å²) in [5.74, 6) is -0.474. The van der Waals surface area contributed by atoms with Gasteiger partial charge >= 0.3 is 11.6 Å². The van der Waals surface area contributed by atoms with Crippen molar-refractivity contribution in [2.45, 2.75) is 33.3 Å². The molecular weight excluding hydrogens is 356 g/mol. The van der Waals surface area contributed by atoms with Crippen LogP contribution in [-0.2, 0) is 4.74 Å². The molecule has 0 aliphatic rings. The first-order valence-corrected chi connectivity index (χ1v) is 9.03. The highest BCUT2D eigenvalue weighted by atomic mass is 16.6. The van der Waals surface area contributed by atoms with Crippen molar-refractivity contribution >= 4 is 27.9 Å². The van der Waals surface area contributed by atoms with Crippen molar-refractivity contribution in [2.24, 2.45) is 0 Å². The highest BCUT2D eigenvalue weighted by Crippen LogP contribution is 2.40. The summed E-state index contributed by atoms with van der Waals surface area (Å²) in [6.45, 7) is 7.25. The molecule has 0 aliphatic carbocycles. The molecule has 0 atom stereocenters. The second-order valence-corrected chi connectivity index (χ2v) is 7.74. The van der Waals surface area contributed by atoms with Crippen LogP contribution >= 0.6 is 0 Å². The molecule has 5 heteroatoms. The third-order valence-electron chi connectivity index (χ3n) is 4.42. The van der Waals surface area contributed by atoms with E-state index in [9.17, 15) is 9.59 Å². The summed E-state index contributed by atoms with van der Waals surface area (Å²) in [5.41, 5.74) is 1.88. The molecule has 28 heavy (non-hydrogen) atoms. The van der Waals surface area contributed by atoms with Crippen LogP contribution in [0, 0.1) is 6.92 Å². The van der Waals surface area contributed by atoms with Crippen LogP contribution in [0.5, 0.6) is 0 Å². The van der Waals surface area contributed by atoms with Gasteiger partial charge in [-0.25, -0.2) is 9.59 Å². The molecule has 4 rings (SSSR count). The summed E-state index contributed by atoms with van der Waals surface area (Å²) in [7, 11) is 0. The molecule has 0 bridgehead atoms. The topological polar surface area (TPSA) is 69.7 Å². The first kappa shape index (κ1) is 18.0. The van der Waals surface area contributed by atoms with Gasteiger partial charge in [-0.1, -0.05) is 30.3 Å². The van der Waals surface area contributed by atoms with Crippen molar-refractivity contribution in [3.8, 4) is 11.1 Å². The standard InChI is InChI=1S/C23H20O5/c1-13-12-17(24)27-20-15(13)10-11-16-19(20)18(14-8-6-5-7-9-14)21(26-16)22(25)28-23(2,3)4/h5-12H,1-4H3. The Morgan fingerprint density at radius 3 is 2.39 bits per heavy atom. The van der Waals surface area contributed by atoms with Gasteiger partial charge in [0, 0.05) is 17.0 Å². The van der Waals surface area contributed by atoms with Gasteiger partial charge in [0.15, 0.2) is 0 Å². The Morgan fingerprint density at radius 1 is 1.00 bits per heavy atom. The van der Waals surface area contributed by atoms with Gasteiger partial charge in [-0.2, -0.15) is 0 Å². The second kappa shape index (κ2) is 6.37. The molecule has 0 saturated heterocycles. The predicted octanol–water partition coefficient (Wildman–Crippen LogP) is 5.47. The van der Waals surface area contributed by atoms with Gasteiger partial charge in [0.05, 0.1) is 5.39 Å². The Labute approximate surface area is 161 Å². The van der Waals surface area contributed by atoms with E-state index in [1.54, 1.807) is 26.8 Å². The molecule has 0 N–H and O–H groups in total. The van der Waals surface area contributed by atoms with Crippen LogP contribution in [0.4, 0.5) is 0 Å². The molecule has 2 aromatic carbocycles. The summed E-state index contributed by atoms with van der Waals surface area (Å²) >= 11 is 0. The average Bonchev–Trinajstić information content (AvgIpc) is 3.01. The molecule has 4 aromatic rings. The minimum atomic E-state index is -0.671. The van der Waals surface area contributed by atoms with Gasteiger partial charge in [0.1, 0.15) is 16.8 Å². The minimum absolute atomic E-state index is 0.0905. The molecule has 0 aliphatic heterocycles. The smallest absolute Gasteiger partial charge is 0.375 e. The maximum absolute atomic E-state index is 12.9. The van der Waals surface area contributed by atoms with Crippen LogP contribution in [0.1, 0.15) is 36.9 Å². The number of carbonyl (C=O) groups excluding carboxylic acids is 1. The normalized spacial score (nSPS) is 11.9. The van der Waals surface area contributed by atoms with Crippen LogP contribution < -0.4 is 5.63 Å². The number of aryl methyl sites for hydroxylation is 1. The SMILES string of the molecule is Cc1cc(=O)oc2c1ccc1oc(C(=O)OC(C)(C)C)c(-c3ccccc3)c12. The Hall–Kier alpha value is -3.34. The summed E-state index contributed by atoms with van der Waals surface area (Å²) in [5, 5.41) is 1.38. The van der Waals surface area contributed by atoms with E-state index < -0.39 is 17.2 Å². The lowest BCUT2D eigenvalue weighted by molar-refractivity contribution is 0.00394. The van der Waals surface area contributed by atoms with Gasteiger partial charge in [0.25, 0.3) is 0 Å². The monoisotopic (exact) mass is 376 g/mol. The van der Waals surface area contributed by atoms with E-state index in [4.69, 9.17) is 13.6 Å². The van der Waals surface area contributed by atoms with Crippen LogP contribution in [0.15, 0.2) is 62.2 Å². The Balaban J connectivity index is 2.12. The average molecular weight is 376 g/mol. The van der Waals surface area contributed by atoms with Crippen molar-refractivity contribution < 1.29 is 18.4 Å². The molecule has 0 radical (unpaired) electrons. The summed E-state index contributed by atoms with van der Waals surface area (Å²) in [4.78, 5) is 24.9. The van der Waals surface area contributed by atoms with Gasteiger partial charge in [0.2, 0.25) is 5.76 Å². The molecule has 0 spiro atoms. The Morgan fingerprint density at radius 2 is 1.71 bits per heavy atom. The summed E-state index contributed by atoms with van der Waals surface area (Å²) < 4.78 is 17.0. The van der Waals surface area contributed by atoms with Crippen molar-refractivity contribution in [3.63, 3.8) is 0 Å². The van der Waals surface area contributed by atoms with E-state index in [1.165, 1.54) is 6.07 Å². The molecule has 0 saturated carbocycles. The zero-order chi connectivity index (χ0) is 20.1. The number of ether oxygens (including phenoxy) is 1. The lowest BCUT2D eigenvalue weighted by atomic mass is 9.99. The molecule has 142 valence electrons. The fourth-order valence-electron chi connectivity index (χ4n) is 3.31. The van der Waals surface area contributed by atoms with Gasteiger partial charge in [-0.05, 0) is 51.0 Å². The third-order valence-corrected chi connectivity index (χ3v) is 4.42. The van der Waals surface area contributed by atoms with Crippen molar-refractivity contribution in [1.29, 1.82) is 0 Å². The number of esters is 1. The Bertz CT molecular complexity index is 1250. The summed E-state index contributed by atoms with van der Waals surface area (Å²) in [6, 6.07) is 14.5. The molecule has 0 unspecified atom stereocenters. The van der Waals surface area contributed by atoms with Crippen molar-refractivity contribution in [1.82, 2.24) is 0 Å². The van der Waals surface area contributed by atoms with Crippen LogP contribution in [-0.4, -0.2) is 11.6 Å². The maximum Gasteiger partial charge on any atom is 0.375 e. The fourth-order valence-corrected chi connectivity index (χ4v) is 3.31. The maximum atomic E-state index is 12.9. The number of hydrogen-bond donors (Lipinski definition) is 0. The Kier molecular flexibility index (Phi) is 4.11. The van der Waals surface area contributed by atoms with E-state index in [1.807, 2.05) is 43.3 Å². The van der Waals surface area contributed by atoms with Crippen molar-refractivity contribution in [2.75, 3.05) is 0 Å². The van der Waals surface area contributed by atoms with Crippen LogP contribution in [0.3, 0.4) is 0 Å². The number of hydrogen-bond acceptors (Lipinski definition) is 5. The van der Waals surface area contributed by atoms with E-state index in [0.29, 0.717) is 22.1 Å². The third kappa shape index (κ3) is 3.09. The number of benzene rings is 2. The number of rotatable bonds is 2. The molecule has 2 aromatic heterocycles. The van der Waals surface area contributed by atoms with Crippen LogP contribution in [0.25, 0.3) is 33.1 Å². The number of furan rings is 1. The highest BCUT2D eigenvalue weighted by Gasteiger charge is 2.28. The number of carbonyl (C=O) groups is 1. The van der Waals surface area contributed by atoms with E-state index in [-0.39, 0.29) is 5.76 Å². The van der Waals surface area contributed by atoms with Crippen LogP contribution in [0.2, 0.25) is 0 Å². The van der Waals surface area contributed by atoms with Gasteiger partial charge in [-0.3, -0.25) is 0 Å². The molecule has 2 heterocycles. The number of fused-ring (bicyclic) bond motifs is 3. The van der Waals surface area contributed by atoms with E-state index >= 15 is 0 Å². The molecule has 5 nitrogen and oxygen atoms in total. The lowest BCUT2D eigenvalue weighted by Gasteiger charge is -2.18. The van der Waals surface area contributed by atoms with Gasteiger partial charge in [-0.15, -0.1) is 0 Å². The summed E-state index contributed by atoms with van der Waals surface area (Å²) in [6.07, 6.45) is 0. The predicted molar refractivity (Wildman–Crippen MR) is 108 cm³/mol.